The fourth-order valence-electron chi connectivity index (χ4n) is 9.44. The standard InChI is InChI=1S/C31H50O3/c1-20(2)9-8-10-21(3)22-14-18-31(19-27(33)34)24-11-12-25-28(4,5)26(32)15-16-29(25,6)23(24)13-17-30(22,31)7/h14,18,20-22,25-26,32H,8-13,15-17,19H2,1-7H3,(H,33,34)/t21-,22-,25+,26+,29-,30-,31-/m1/s1. The van der Waals surface area contributed by atoms with Crippen LogP contribution in [0.5, 0.6) is 0 Å². The van der Waals surface area contributed by atoms with Crippen molar-refractivity contribution in [1.29, 1.82) is 0 Å². The summed E-state index contributed by atoms with van der Waals surface area (Å²) in [7, 11) is 0. The fraction of sp³-hybridized carbons (Fsp3) is 0.839. The molecule has 0 saturated heterocycles. The molecular weight excluding hydrogens is 420 g/mol. The third kappa shape index (κ3) is 3.75. The summed E-state index contributed by atoms with van der Waals surface area (Å²) in [5.41, 5.74) is 2.66. The van der Waals surface area contributed by atoms with Crippen LogP contribution in [0.3, 0.4) is 0 Å². The summed E-state index contributed by atoms with van der Waals surface area (Å²) in [6, 6.07) is 0. The zero-order valence-corrected chi connectivity index (χ0v) is 22.9. The van der Waals surface area contributed by atoms with Gasteiger partial charge in [-0.1, -0.05) is 91.0 Å². The maximum absolute atomic E-state index is 12.4. The Morgan fingerprint density at radius 1 is 1.03 bits per heavy atom. The smallest absolute Gasteiger partial charge is 0.304 e. The van der Waals surface area contributed by atoms with Crippen LogP contribution in [0.25, 0.3) is 0 Å². The lowest BCUT2D eigenvalue weighted by molar-refractivity contribution is -0.141. The van der Waals surface area contributed by atoms with Crippen LogP contribution in [-0.2, 0) is 4.79 Å². The molecule has 4 rings (SSSR count). The van der Waals surface area contributed by atoms with Gasteiger partial charge in [0.05, 0.1) is 12.5 Å². The number of carboxylic acid groups (broad SMARTS) is 1. The molecule has 0 aromatic rings. The van der Waals surface area contributed by atoms with E-state index in [1.54, 1.807) is 5.57 Å². The van der Waals surface area contributed by atoms with Gasteiger partial charge in [0, 0.05) is 5.41 Å². The first-order valence-electron chi connectivity index (χ1n) is 14.1. The fourth-order valence-corrected chi connectivity index (χ4v) is 9.44. The molecule has 0 aliphatic heterocycles. The number of carboxylic acids is 1. The molecule has 4 aliphatic carbocycles. The van der Waals surface area contributed by atoms with Gasteiger partial charge in [-0.3, -0.25) is 4.79 Å². The topological polar surface area (TPSA) is 57.5 Å². The lowest BCUT2D eigenvalue weighted by atomic mass is 9.42. The summed E-state index contributed by atoms with van der Waals surface area (Å²) in [5, 5.41) is 21.0. The van der Waals surface area contributed by atoms with Gasteiger partial charge in [0.1, 0.15) is 0 Å². The van der Waals surface area contributed by atoms with Crippen LogP contribution in [-0.4, -0.2) is 22.3 Å². The van der Waals surface area contributed by atoms with Crippen molar-refractivity contribution >= 4 is 5.97 Å². The van der Waals surface area contributed by atoms with Crippen molar-refractivity contribution < 1.29 is 15.0 Å². The van der Waals surface area contributed by atoms with Crippen molar-refractivity contribution in [1.82, 2.24) is 0 Å². The van der Waals surface area contributed by atoms with Gasteiger partial charge in [-0.2, -0.15) is 0 Å². The van der Waals surface area contributed by atoms with Gasteiger partial charge in [0.15, 0.2) is 0 Å². The normalized spacial score (nSPS) is 41.7. The van der Waals surface area contributed by atoms with Crippen molar-refractivity contribution in [2.24, 2.45) is 45.3 Å². The molecular formula is C31H50O3. The second-order valence-electron chi connectivity index (χ2n) is 14.0. The molecule has 3 heteroatoms. The van der Waals surface area contributed by atoms with E-state index in [0.717, 1.165) is 44.4 Å². The SMILES string of the molecule is CC(C)CCC[C@@H](C)[C@H]1C=C[C@@]2(CC(=O)O)C3=C(CC[C@]12C)[C@@]1(C)CC[C@H](O)C(C)(C)[C@@H]1CC3. The first kappa shape index (κ1) is 26.0. The highest BCUT2D eigenvalue weighted by atomic mass is 16.4. The molecule has 0 aromatic carbocycles. The first-order valence-corrected chi connectivity index (χ1v) is 14.1. The van der Waals surface area contributed by atoms with E-state index in [2.05, 4.69) is 60.6 Å². The molecule has 34 heavy (non-hydrogen) atoms. The first-order chi connectivity index (χ1) is 15.8. The molecule has 0 heterocycles. The van der Waals surface area contributed by atoms with Crippen molar-refractivity contribution in [3.05, 3.63) is 23.3 Å². The van der Waals surface area contributed by atoms with Crippen LogP contribution < -0.4 is 0 Å². The molecule has 0 spiro atoms. The quantitative estimate of drug-likeness (QED) is 0.373. The van der Waals surface area contributed by atoms with E-state index in [0.29, 0.717) is 17.8 Å². The predicted octanol–water partition coefficient (Wildman–Crippen LogP) is 7.79. The van der Waals surface area contributed by atoms with E-state index in [1.165, 1.54) is 24.8 Å². The predicted molar refractivity (Wildman–Crippen MR) is 139 cm³/mol. The van der Waals surface area contributed by atoms with E-state index in [1.807, 2.05) is 0 Å². The summed E-state index contributed by atoms with van der Waals surface area (Å²) in [6.45, 7) is 16.4. The molecule has 0 aromatic heterocycles. The number of hydrogen-bond acceptors (Lipinski definition) is 2. The molecule has 192 valence electrons. The molecule has 0 unspecified atom stereocenters. The van der Waals surface area contributed by atoms with Gasteiger partial charge in [0.25, 0.3) is 0 Å². The highest BCUT2D eigenvalue weighted by molar-refractivity contribution is 5.70. The van der Waals surface area contributed by atoms with Gasteiger partial charge in [-0.15, -0.1) is 0 Å². The second-order valence-corrected chi connectivity index (χ2v) is 14.0. The molecule has 7 atom stereocenters. The van der Waals surface area contributed by atoms with Crippen LogP contribution in [0, 0.1) is 45.3 Å². The molecule has 1 saturated carbocycles. The second kappa shape index (κ2) is 8.79. The maximum Gasteiger partial charge on any atom is 0.304 e. The van der Waals surface area contributed by atoms with E-state index >= 15 is 0 Å². The van der Waals surface area contributed by atoms with Gasteiger partial charge < -0.3 is 10.2 Å². The van der Waals surface area contributed by atoms with Crippen molar-refractivity contribution in [3.8, 4) is 0 Å². The third-order valence-corrected chi connectivity index (χ3v) is 11.5. The number of fused-ring (bicyclic) bond motifs is 4. The zero-order chi connectivity index (χ0) is 25.1. The van der Waals surface area contributed by atoms with Crippen LogP contribution in [0.15, 0.2) is 23.3 Å². The van der Waals surface area contributed by atoms with E-state index in [-0.39, 0.29) is 34.2 Å². The van der Waals surface area contributed by atoms with Gasteiger partial charge in [-0.25, -0.2) is 0 Å². The monoisotopic (exact) mass is 470 g/mol. The average Bonchev–Trinajstić information content (AvgIpc) is 3.03. The number of aliphatic carboxylic acids is 1. The molecule has 0 bridgehead atoms. The minimum Gasteiger partial charge on any atom is -0.481 e. The zero-order valence-electron chi connectivity index (χ0n) is 22.9. The van der Waals surface area contributed by atoms with E-state index in [9.17, 15) is 15.0 Å². The summed E-state index contributed by atoms with van der Waals surface area (Å²) in [6.07, 6.45) is 14.7. The lowest BCUT2D eigenvalue weighted by Crippen LogP contribution is -2.55. The molecule has 0 amide bonds. The Hall–Kier alpha value is -1.09. The minimum atomic E-state index is -0.663. The van der Waals surface area contributed by atoms with Crippen LogP contribution in [0.1, 0.15) is 113 Å². The Morgan fingerprint density at radius 3 is 2.38 bits per heavy atom. The number of aliphatic hydroxyl groups is 1. The molecule has 0 radical (unpaired) electrons. The van der Waals surface area contributed by atoms with E-state index < -0.39 is 5.97 Å². The summed E-state index contributed by atoms with van der Waals surface area (Å²) in [5.74, 6) is 1.57. The van der Waals surface area contributed by atoms with Crippen molar-refractivity contribution in [3.63, 3.8) is 0 Å². The highest BCUT2D eigenvalue weighted by Crippen LogP contribution is 2.71. The highest BCUT2D eigenvalue weighted by Gasteiger charge is 2.63. The molecule has 1 fully saturated rings. The summed E-state index contributed by atoms with van der Waals surface area (Å²) < 4.78 is 0. The van der Waals surface area contributed by atoms with Gasteiger partial charge in [0.2, 0.25) is 0 Å². The van der Waals surface area contributed by atoms with Gasteiger partial charge in [-0.05, 0) is 78.4 Å². The molecule has 3 nitrogen and oxygen atoms in total. The van der Waals surface area contributed by atoms with E-state index in [4.69, 9.17) is 0 Å². The maximum atomic E-state index is 12.4. The lowest BCUT2D eigenvalue weighted by Gasteiger charge is -2.62. The molecule has 4 aliphatic rings. The van der Waals surface area contributed by atoms with Gasteiger partial charge >= 0.3 is 5.97 Å². The molecule has 2 N–H and O–H groups in total. The largest absolute Gasteiger partial charge is 0.481 e. The third-order valence-electron chi connectivity index (χ3n) is 11.5. The van der Waals surface area contributed by atoms with Crippen LogP contribution in [0.2, 0.25) is 0 Å². The Morgan fingerprint density at radius 2 is 1.74 bits per heavy atom. The minimum absolute atomic E-state index is 0.0195. The Kier molecular flexibility index (Phi) is 6.71. The number of allylic oxidation sites excluding steroid dienone is 4. The van der Waals surface area contributed by atoms with Crippen LogP contribution in [0.4, 0.5) is 0 Å². The Balaban J connectivity index is 1.73. The summed E-state index contributed by atoms with van der Waals surface area (Å²) >= 11 is 0. The number of carbonyl (C=O) groups is 1. The summed E-state index contributed by atoms with van der Waals surface area (Å²) in [4.78, 5) is 12.4. The average molecular weight is 471 g/mol. The number of rotatable bonds is 7. The van der Waals surface area contributed by atoms with Crippen molar-refractivity contribution in [2.45, 2.75) is 119 Å². The van der Waals surface area contributed by atoms with Crippen LogP contribution >= 0.6 is 0 Å². The Labute approximate surface area is 208 Å². The number of hydrogen-bond donors (Lipinski definition) is 2. The van der Waals surface area contributed by atoms with Crippen molar-refractivity contribution in [2.75, 3.05) is 0 Å². The Bertz CT molecular complexity index is 866. The number of aliphatic hydroxyl groups excluding tert-OH is 1.